The number of hydrogen-bond acceptors (Lipinski definition) is 3. The maximum atomic E-state index is 8.24. The van der Waals surface area contributed by atoms with E-state index < -0.39 is 0 Å². The molecule has 0 radical (unpaired) electrons. The van der Waals surface area contributed by atoms with E-state index in [0.717, 1.165) is 25.9 Å². The van der Waals surface area contributed by atoms with Gasteiger partial charge in [-0.15, -0.1) is 5.16 Å². The highest BCUT2D eigenvalue weighted by Crippen LogP contribution is 2.12. The van der Waals surface area contributed by atoms with Crippen molar-refractivity contribution < 1.29 is 5.21 Å². The Morgan fingerprint density at radius 2 is 2.10 bits per heavy atom. The molecule has 3 heteroatoms. The minimum atomic E-state index is 0.501. The predicted molar refractivity (Wildman–Crippen MR) is 40.5 cm³/mol. The molecule has 0 atom stereocenters. The van der Waals surface area contributed by atoms with Crippen molar-refractivity contribution in [2.45, 2.75) is 12.8 Å². The topological polar surface area (TPSA) is 35.8 Å². The first-order chi connectivity index (χ1) is 4.83. The number of nitrogens with zero attached hydrogens (tertiary/aromatic N) is 2. The van der Waals surface area contributed by atoms with Crippen LogP contribution in [0.2, 0.25) is 0 Å². The number of likely N-dealkylation sites (tertiary alicyclic amines) is 1. The molecule has 1 N–H and O–H groups in total. The SMILES string of the molecule is CN1CCC(C=NO)CC1. The lowest BCUT2D eigenvalue weighted by Crippen LogP contribution is -2.30. The second kappa shape index (κ2) is 3.56. The maximum Gasteiger partial charge on any atom is 0.0467 e. The van der Waals surface area contributed by atoms with E-state index in [-0.39, 0.29) is 0 Å². The van der Waals surface area contributed by atoms with Gasteiger partial charge in [-0.05, 0) is 38.9 Å². The molecule has 0 aromatic carbocycles. The highest BCUT2D eigenvalue weighted by atomic mass is 16.4. The van der Waals surface area contributed by atoms with Gasteiger partial charge in [-0.3, -0.25) is 0 Å². The number of oxime groups is 1. The Kier molecular flexibility index (Phi) is 2.68. The van der Waals surface area contributed by atoms with Crippen molar-refractivity contribution in [1.82, 2.24) is 4.90 Å². The van der Waals surface area contributed by atoms with Gasteiger partial charge >= 0.3 is 0 Å². The number of piperidine rings is 1. The minimum absolute atomic E-state index is 0.501. The molecular formula is C7H14N2O. The van der Waals surface area contributed by atoms with E-state index >= 15 is 0 Å². The molecule has 0 bridgehead atoms. The molecule has 0 saturated carbocycles. The van der Waals surface area contributed by atoms with Crippen LogP contribution in [0, 0.1) is 5.92 Å². The number of rotatable bonds is 1. The Morgan fingerprint density at radius 1 is 1.50 bits per heavy atom. The average molecular weight is 142 g/mol. The van der Waals surface area contributed by atoms with Crippen molar-refractivity contribution in [3.05, 3.63) is 0 Å². The first-order valence-electron chi connectivity index (χ1n) is 3.69. The lowest BCUT2D eigenvalue weighted by molar-refractivity contribution is 0.249. The van der Waals surface area contributed by atoms with Crippen molar-refractivity contribution >= 4 is 6.21 Å². The Labute approximate surface area is 61.3 Å². The van der Waals surface area contributed by atoms with Crippen LogP contribution in [0.15, 0.2) is 5.16 Å². The third-order valence-corrected chi connectivity index (χ3v) is 2.04. The van der Waals surface area contributed by atoms with E-state index in [4.69, 9.17) is 5.21 Å². The first-order valence-corrected chi connectivity index (χ1v) is 3.69. The smallest absolute Gasteiger partial charge is 0.0467 e. The third kappa shape index (κ3) is 1.99. The van der Waals surface area contributed by atoms with Crippen molar-refractivity contribution in [3.63, 3.8) is 0 Å². The largest absolute Gasteiger partial charge is 0.411 e. The number of hydrogen-bond donors (Lipinski definition) is 1. The Hall–Kier alpha value is -0.570. The fourth-order valence-corrected chi connectivity index (χ4v) is 1.27. The minimum Gasteiger partial charge on any atom is -0.411 e. The van der Waals surface area contributed by atoms with Crippen LogP contribution in [0.25, 0.3) is 0 Å². The first kappa shape index (κ1) is 7.54. The average Bonchev–Trinajstić information content (AvgIpc) is 1.95. The molecule has 1 aliphatic heterocycles. The van der Waals surface area contributed by atoms with E-state index in [1.54, 1.807) is 6.21 Å². The van der Waals surface area contributed by atoms with Gasteiger partial charge in [0.15, 0.2) is 0 Å². The van der Waals surface area contributed by atoms with Crippen LogP contribution in [0.4, 0.5) is 0 Å². The maximum absolute atomic E-state index is 8.24. The van der Waals surface area contributed by atoms with Gasteiger partial charge in [-0.2, -0.15) is 0 Å². The third-order valence-electron chi connectivity index (χ3n) is 2.04. The molecule has 1 rings (SSSR count). The normalized spacial score (nSPS) is 24.1. The summed E-state index contributed by atoms with van der Waals surface area (Å²) in [5.74, 6) is 0.501. The molecule has 58 valence electrons. The van der Waals surface area contributed by atoms with Crippen LogP contribution in [0.5, 0.6) is 0 Å². The summed E-state index contributed by atoms with van der Waals surface area (Å²) in [5, 5.41) is 11.3. The van der Waals surface area contributed by atoms with Crippen molar-refractivity contribution in [2.75, 3.05) is 20.1 Å². The zero-order valence-corrected chi connectivity index (χ0v) is 6.32. The molecule has 0 aromatic rings. The van der Waals surface area contributed by atoms with Crippen molar-refractivity contribution in [2.24, 2.45) is 11.1 Å². The van der Waals surface area contributed by atoms with Crippen LogP contribution < -0.4 is 0 Å². The Morgan fingerprint density at radius 3 is 2.60 bits per heavy atom. The van der Waals surface area contributed by atoms with Gasteiger partial charge in [0.1, 0.15) is 0 Å². The van der Waals surface area contributed by atoms with Gasteiger partial charge in [0.25, 0.3) is 0 Å². The van der Waals surface area contributed by atoms with E-state index in [9.17, 15) is 0 Å². The van der Waals surface area contributed by atoms with Crippen molar-refractivity contribution in [1.29, 1.82) is 0 Å². The fourth-order valence-electron chi connectivity index (χ4n) is 1.27. The highest BCUT2D eigenvalue weighted by molar-refractivity contribution is 5.59. The molecular weight excluding hydrogens is 128 g/mol. The summed E-state index contributed by atoms with van der Waals surface area (Å²) in [6.45, 7) is 2.24. The summed E-state index contributed by atoms with van der Waals surface area (Å²) < 4.78 is 0. The molecule has 1 fully saturated rings. The molecule has 0 aromatic heterocycles. The summed E-state index contributed by atoms with van der Waals surface area (Å²) in [6.07, 6.45) is 3.90. The summed E-state index contributed by atoms with van der Waals surface area (Å²) in [5.41, 5.74) is 0. The van der Waals surface area contributed by atoms with E-state index in [0.29, 0.717) is 5.92 Å². The van der Waals surface area contributed by atoms with Crippen LogP contribution >= 0.6 is 0 Å². The van der Waals surface area contributed by atoms with Gasteiger partial charge in [0.2, 0.25) is 0 Å². The lowest BCUT2D eigenvalue weighted by atomic mass is 9.99. The van der Waals surface area contributed by atoms with E-state index in [2.05, 4.69) is 17.1 Å². The lowest BCUT2D eigenvalue weighted by Gasteiger charge is -2.25. The highest BCUT2D eigenvalue weighted by Gasteiger charge is 2.14. The summed E-state index contributed by atoms with van der Waals surface area (Å²) in [7, 11) is 2.12. The van der Waals surface area contributed by atoms with Gasteiger partial charge in [0.05, 0.1) is 0 Å². The van der Waals surface area contributed by atoms with Gasteiger partial charge in [-0.25, -0.2) is 0 Å². The van der Waals surface area contributed by atoms with Crippen LogP contribution in [0.1, 0.15) is 12.8 Å². The molecule has 1 heterocycles. The van der Waals surface area contributed by atoms with Gasteiger partial charge < -0.3 is 10.1 Å². The second-order valence-corrected chi connectivity index (χ2v) is 2.91. The molecule has 0 amide bonds. The second-order valence-electron chi connectivity index (χ2n) is 2.91. The summed E-state index contributed by atoms with van der Waals surface area (Å²) >= 11 is 0. The van der Waals surface area contributed by atoms with Crippen LogP contribution in [-0.4, -0.2) is 36.5 Å². The zero-order valence-electron chi connectivity index (χ0n) is 6.32. The molecule has 10 heavy (non-hydrogen) atoms. The van der Waals surface area contributed by atoms with Crippen molar-refractivity contribution in [3.8, 4) is 0 Å². The molecule has 0 unspecified atom stereocenters. The quantitative estimate of drug-likeness (QED) is 0.334. The van der Waals surface area contributed by atoms with Crippen LogP contribution in [-0.2, 0) is 0 Å². The van der Waals surface area contributed by atoms with Gasteiger partial charge in [0, 0.05) is 6.21 Å². The monoisotopic (exact) mass is 142 g/mol. The van der Waals surface area contributed by atoms with Crippen LogP contribution in [0.3, 0.4) is 0 Å². The molecule has 1 saturated heterocycles. The summed E-state index contributed by atoms with van der Waals surface area (Å²) in [6, 6.07) is 0. The fraction of sp³-hybridized carbons (Fsp3) is 0.857. The zero-order chi connectivity index (χ0) is 7.40. The molecule has 0 spiro atoms. The Bertz CT molecular complexity index is 117. The Balaban J connectivity index is 2.26. The predicted octanol–water partition coefficient (Wildman–Crippen LogP) is 0.788. The molecule has 0 aliphatic carbocycles. The molecule has 1 aliphatic rings. The van der Waals surface area contributed by atoms with E-state index in [1.165, 1.54) is 0 Å². The standard InChI is InChI=1S/C7H14N2O/c1-9-4-2-7(3-5-9)6-8-10/h6-7,10H,2-5H2,1H3. The van der Waals surface area contributed by atoms with Gasteiger partial charge in [-0.1, -0.05) is 0 Å². The van der Waals surface area contributed by atoms with E-state index in [1.807, 2.05) is 0 Å². The molecule has 3 nitrogen and oxygen atoms in total. The summed E-state index contributed by atoms with van der Waals surface area (Å²) in [4.78, 5) is 2.29.